The highest BCUT2D eigenvalue weighted by atomic mass is 79.9. The number of nitrogens with zero attached hydrogens (tertiary/aromatic N) is 1. The van der Waals surface area contributed by atoms with Gasteiger partial charge in [-0.1, -0.05) is 0 Å². The predicted octanol–water partition coefficient (Wildman–Crippen LogP) is 4.24. The van der Waals surface area contributed by atoms with Crippen LogP contribution in [0.4, 0.5) is 4.39 Å². The summed E-state index contributed by atoms with van der Waals surface area (Å²) in [6, 6.07) is 5.46. The maximum atomic E-state index is 13.3. The lowest BCUT2D eigenvalue weighted by molar-refractivity contribution is 0.0693. The van der Waals surface area contributed by atoms with E-state index in [4.69, 9.17) is 9.84 Å². The standard InChI is InChI=1S/C12H6Br2FNO3/c13-6-3-8(12(17)18)11(16-5-6)19-7-1-2-9(14)10(15)4-7/h1-5H,(H,17,18). The molecule has 2 rings (SSSR count). The maximum absolute atomic E-state index is 13.3. The van der Waals surface area contributed by atoms with Gasteiger partial charge in [-0.05, 0) is 50.1 Å². The molecule has 0 saturated carbocycles. The zero-order valence-corrected chi connectivity index (χ0v) is 12.4. The number of hydrogen-bond acceptors (Lipinski definition) is 3. The van der Waals surface area contributed by atoms with Crippen LogP contribution in [-0.4, -0.2) is 16.1 Å². The molecule has 0 bridgehead atoms. The normalized spacial score (nSPS) is 10.3. The number of carboxylic acids is 1. The Labute approximate surface area is 124 Å². The van der Waals surface area contributed by atoms with E-state index in [0.29, 0.717) is 8.95 Å². The van der Waals surface area contributed by atoms with E-state index in [1.165, 1.54) is 24.4 Å². The van der Waals surface area contributed by atoms with E-state index in [9.17, 15) is 9.18 Å². The van der Waals surface area contributed by atoms with E-state index in [1.807, 2.05) is 0 Å². The summed E-state index contributed by atoms with van der Waals surface area (Å²) in [5.74, 6) is -1.62. The smallest absolute Gasteiger partial charge is 0.341 e. The van der Waals surface area contributed by atoms with Crippen LogP contribution in [0.1, 0.15) is 10.4 Å². The number of halogens is 3. The van der Waals surface area contributed by atoms with Crippen LogP contribution < -0.4 is 4.74 Å². The fraction of sp³-hybridized carbons (Fsp3) is 0. The number of benzene rings is 1. The molecule has 7 heteroatoms. The third-order valence-corrected chi connectivity index (χ3v) is 3.23. The molecule has 1 aromatic carbocycles. The molecule has 1 N–H and O–H groups in total. The predicted molar refractivity (Wildman–Crippen MR) is 73.1 cm³/mol. The van der Waals surface area contributed by atoms with Crippen molar-refractivity contribution in [2.24, 2.45) is 0 Å². The summed E-state index contributed by atoms with van der Waals surface area (Å²) < 4.78 is 19.4. The largest absolute Gasteiger partial charge is 0.477 e. The fourth-order valence-electron chi connectivity index (χ4n) is 1.31. The lowest BCUT2D eigenvalue weighted by Crippen LogP contribution is -2.02. The number of aromatic carboxylic acids is 1. The van der Waals surface area contributed by atoms with Crippen molar-refractivity contribution in [3.05, 3.63) is 50.8 Å². The quantitative estimate of drug-likeness (QED) is 0.851. The summed E-state index contributed by atoms with van der Waals surface area (Å²) in [5.41, 5.74) is -0.113. The van der Waals surface area contributed by atoms with Crippen LogP contribution in [0, 0.1) is 5.82 Å². The van der Waals surface area contributed by atoms with E-state index in [2.05, 4.69) is 36.8 Å². The SMILES string of the molecule is O=C(O)c1cc(Br)cnc1Oc1ccc(Br)c(F)c1. The van der Waals surface area contributed by atoms with Crippen molar-refractivity contribution < 1.29 is 19.0 Å². The molecule has 19 heavy (non-hydrogen) atoms. The van der Waals surface area contributed by atoms with Crippen molar-refractivity contribution in [3.63, 3.8) is 0 Å². The van der Waals surface area contributed by atoms with Gasteiger partial charge in [-0.25, -0.2) is 14.2 Å². The summed E-state index contributed by atoms with van der Waals surface area (Å²) >= 11 is 6.14. The molecular weight excluding hydrogens is 385 g/mol. The summed E-state index contributed by atoms with van der Waals surface area (Å²) in [5, 5.41) is 9.04. The minimum atomic E-state index is -1.18. The lowest BCUT2D eigenvalue weighted by atomic mass is 10.3. The van der Waals surface area contributed by atoms with Crippen LogP contribution >= 0.6 is 31.9 Å². The van der Waals surface area contributed by atoms with Crippen LogP contribution in [0.5, 0.6) is 11.6 Å². The van der Waals surface area contributed by atoms with Crippen molar-refractivity contribution in [1.29, 1.82) is 0 Å². The van der Waals surface area contributed by atoms with Crippen molar-refractivity contribution in [3.8, 4) is 11.6 Å². The number of rotatable bonds is 3. The summed E-state index contributed by atoms with van der Waals surface area (Å²) in [7, 11) is 0. The second-order valence-electron chi connectivity index (χ2n) is 3.49. The zero-order valence-electron chi connectivity index (χ0n) is 9.23. The van der Waals surface area contributed by atoms with E-state index in [-0.39, 0.29) is 17.2 Å². The van der Waals surface area contributed by atoms with Crippen LogP contribution in [0.25, 0.3) is 0 Å². The average Bonchev–Trinajstić information content (AvgIpc) is 2.36. The minimum absolute atomic E-state index is 0.0996. The van der Waals surface area contributed by atoms with Gasteiger partial charge in [0.1, 0.15) is 17.1 Å². The molecule has 4 nitrogen and oxygen atoms in total. The van der Waals surface area contributed by atoms with Gasteiger partial charge in [-0.3, -0.25) is 0 Å². The third-order valence-electron chi connectivity index (χ3n) is 2.15. The van der Waals surface area contributed by atoms with Gasteiger partial charge >= 0.3 is 5.97 Å². The Morgan fingerprint density at radius 1 is 1.32 bits per heavy atom. The lowest BCUT2D eigenvalue weighted by Gasteiger charge is -2.08. The monoisotopic (exact) mass is 389 g/mol. The first-order valence-corrected chi connectivity index (χ1v) is 6.57. The molecule has 1 heterocycles. The molecule has 0 radical (unpaired) electrons. The van der Waals surface area contributed by atoms with Gasteiger partial charge < -0.3 is 9.84 Å². The molecule has 0 spiro atoms. The number of carboxylic acid groups (broad SMARTS) is 1. The third kappa shape index (κ3) is 3.30. The maximum Gasteiger partial charge on any atom is 0.341 e. The molecule has 0 fully saturated rings. The molecule has 0 unspecified atom stereocenters. The molecule has 0 amide bonds. The molecule has 0 aliphatic heterocycles. The van der Waals surface area contributed by atoms with Gasteiger partial charge in [0.25, 0.3) is 0 Å². The second-order valence-corrected chi connectivity index (χ2v) is 5.26. The highest BCUT2D eigenvalue weighted by molar-refractivity contribution is 9.10. The number of pyridine rings is 1. The summed E-state index contributed by atoms with van der Waals surface area (Å²) in [6.07, 6.45) is 1.40. The number of hydrogen-bond donors (Lipinski definition) is 1. The van der Waals surface area contributed by atoms with E-state index < -0.39 is 11.8 Å². The van der Waals surface area contributed by atoms with Crippen molar-refractivity contribution in [2.75, 3.05) is 0 Å². The van der Waals surface area contributed by atoms with E-state index >= 15 is 0 Å². The molecule has 0 aliphatic carbocycles. The van der Waals surface area contributed by atoms with Gasteiger partial charge in [0.15, 0.2) is 0 Å². The zero-order chi connectivity index (χ0) is 14.0. The van der Waals surface area contributed by atoms with Gasteiger partial charge in [0, 0.05) is 16.7 Å². The first-order valence-electron chi connectivity index (χ1n) is 4.99. The number of ether oxygens (including phenoxy) is 1. The Hall–Kier alpha value is -1.47. The molecule has 2 aromatic rings. The fourth-order valence-corrected chi connectivity index (χ4v) is 1.89. The van der Waals surface area contributed by atoms with Gasteiger partial charge in [-0.15, -0.1) is 0 Å². The Morgan fingerprint density at radius 2 is 2.05 bits per heavy atom. The van der Waals surface area contributed by atoms with Gasteiger partial charge in [-0.2, -0.15) is 0 Å². The van der Waals surface area contributed by atoms with Crippen molar-refractivity contribution in [1.82, 2.24) is 4.98 Å². The molecule has 0 saturated heterocycles. The molecule has 98 valence electrons. The second kappa shape index (κ2) is 5.66. The van der Waals surface area contributed by atoms with Crippen LogP contribution in [-0.2, 0) is 0 Å². The number of carbonyl (C=O) groups is 1. The van der Waals surface area contributed by atoms with Crippen LogP contribution in [0.3, 0.4) is 0 Å². The molecule has 0 aliphatic rings. The Bertz CT molecular complexity index is 649. The molecular formula is C12H6Br2FNO3. The van der Waals surface area contributed by atoms with Crippen LogP contribution in [0.15, 0.2) is 39.4 Å². The van der Waals surface area contributed by atoms with Gasteiger partial charge in [0.05, 0.1) is 4.47 Å². The van der Waals surface area contributed by atoms with Crippen molar-refractivity contribution in [2.45, 2.75) is 0 Å². The summed E-state index contributed by atoms with van der Waals surface area (Å²) in [4.78, 5) is 14.9. The molecule has 0 atom stereocenters. The topological polar surface area (TPSA) is 59.4 Å². The minimum Gasteiger partial charge on any atom is -0.477 e. The van der Waals surface area contributed by atoms with Crippen molar-refractivity contribution >= 4 is 37.8 Å². The summed E-state index contributed by atoms with van der Waals surface area (Å²) in [6.45, 7) is 0. The molecule has 1 aromatic heterocycles. The average molecular weight is 391 g/mol. The number of aromatic nitrogens is 1. The highest BCUT2D eigenvalue weighted by Gasteiger charge is 2.15. The first-order chi connectivity index (χ1) is 8.97. The Kier molecular flexibility index (Phi) is 4.16. The van der Waals surface area contributed by atoms with E-state index in [0.717, 1.165) is 6.07 Å². The first kappa shape index (κ1) is 14.0. The van der Waals surface area contributed by atoms with Crippen LogP contribution in [0.2, 0.25) is 0 Å². The van der Waals surface area contributed by atoms with E-state index in [1.54, 1.807) is 0 Å². The Balaban J connectivity index is 2.37. The van der Waals surface area contributed by atoms with Gasteiger partial charge in [0.2, 0.25) is 5.88 Å². The highest BCUT2D eigenvalue weighted by Crippen LogP contribution is 2.28. The Morgan fingerprint density at radius 3 is 2.68 bits per heavy atom.